The second-order valence-electron chi connectivity index (χ2n) is 4.99. The van der Waals surface area contributed by atoms with E-state index in [-0.39, 0.29) is 11.4 Å². The van der Waals surface area contributed by atoms with Crippen LogP contribution in [0.5, 0.6) is 5.88 Å². The number of aryl methyl sites for hydroxylation is 2. The maximum Gasteiger partial charge on any atom is 0.344 e. The molecule has 1 unspecified atom stereocenters. The largest absolute Gasteiger partial charge is 0.477 e. The Labute approximate surface area is 144 Å². The molecule has 7 nitrogen and oxygen atoms in total. The van der Waals surface area contributed by atoms with Crippen LogP contribution >= 0.6 is 11.3 Å². The highest BCUT2D eigenvalue weighted by Crippen LogP contribution is 2.21. The van der Waals surface area contributed by atoms with Crippen molar-refractivity contribution in [2.24, 2.45) is 0 Å². The molecule has 0 aliphatic rings. The molecule has 0 radical (unpaired) electrons. The number of thiazole rings is 1. The second kappa shape index (κ2) is 7.87. The number of anilines is 1. The minimum Gasteiger partial charge on any atom is -0.477 e. The summed E-state index contributed by atoms with van der Waals surface area (Å²) < 4.78 is 10.5. The van der Waals surface area contributed by atoms with Gasteiger partial charge < -0.3 is 9.47 Å². The minimum atomic E-state index is -0.975. The summed E-state index contributed by atoms with van der Waals surface area (Å²) in [4.78, 5) is 33.6. The number of hydrogen-bond donors (Lipinski definition) is 1. The molecule has 0 spiro atoms. The maximum atomic E-state index is 12.2. The molecule has 0 aliphatic carbocycles. The molecule has 2 aromatic rings. The van der Waals surface area contributed by atoms with Gasteiger partial charge in [0, 0.05) is 11.1 Å². The summed E-state index contributed by atoms with van der Waals surface area (Å²) in [5.74, 6) is -0.927. The highest BCUT2D eigenvalue weighted by molar-refractivity contribution is 7.15. The van der Waals surface area contributed by atoms with Gasteiger partial charge in [0.15, 0.2) is 11.2 Å². The normalized spacial score (nSPS) is 11.7. The number of pyridine rings is 1. The predicted molar refractivity (Wildman–Crippen MR) is 90.5 cm³/mol. The summed E-state index contributed by atoms with van der Waals surface area (Å²) in [6.45, 7) is 7.44. The highest BCUT2D eigenvalue weighted by Gasteiger charge is 2.22. The number of carbonyl (C=O) groups excluding carboxylic acids is 2. The molecule has 1 N–H and O–H groups in total. The van der Waals surface area contributed by atoms with E-state index >= 15 is 0 Å². The van der Waals surface area contributed by atoms with Gasteiger partial charge in [-0.05, 0) is 39.8 Å². The van der Waals surface area contributed by atoms with Crippen LogP contribution in [-0.2, 0) is 9.53 Å². The lowest BCUT2D eigenvalue weighted by Gasteiger charge is -2.13. The lowest BCUT2D eigenvalue weighted by molar-refractivity contribution is -0.123. The molecule has 2 aromatic heterocycles. The Morgan fingerprint density at radius 2 is 2.12 bits per heavy atom. The Balaban J connectivity index is 2.01. The van der Waals surface area contributed by atoms with Crippen LogP contribution in [0.2, 0.25) is 0 Å². The van der Waals surface area contributed by atoms with Crippen molar-refractivity contribution < 1.29 is 19.1 Å². The lowest BCUT2D eigenvalue weighted by Crippen LogP contribution is -2.30. The third-order valence-electron chi connectivity index (χ3n) is 3.18. The van der Waals surface area contributed by atoms with Gasteiger partial charge in [-0.25, -0.2) is 14.8 Å². The summed E-state index contributed by atoms with van der Waals surface area (Å²) in [5.41, 5.74) is 1.04. The van der Waals surface area contributed by atoms with Crippen molar-refractivity contribution >= 4 is 28.3 Å². The Kier molecular flexibility index (Phi) is 5.86. The predicted octanol–water partition coefficient (Wildman–Crippen LogP) is 2.74. The van der Waals surface area contributed by atoms with Gasteiger partial charge in [-0.15, -0.1) is 11.3 Å². The fourth-order valence-electron chi connectivity index (χ4n) is 1.81. The molecule has 24 heavy (non-hydrogen) atoms. The number of nitrogens with zero attached hydrogens (tertiary/aromatic N) is 2. The topological polar surface area (TPSA) is 90.4 Å². The molecule has 0 aliphatic heterocycles. The summed E-state index contributed by atoms with van der Waals surface area (Å²) in [6.07, 6.45) is 0.544. The number of hydrogen-bond acceptors (Lipinski definition) is 7. The molecule has 2 heterocycles. The monoisotopic (exact) mass is 349 g/mol. The first kappa shape index (κ1) is 17.9. The van der Waals surface area contributed by atoms with Gasteiger partial charge >= 0.3 is 5.97 Å². The van der Waals surface area contributed by atoms with Crippen LogP contribution in [0.1, 0.15) is 34.8 Å². The molecule has 1 amide bonds. The van der Waals surface area contributed by atoms with Gasteiger partial charge in [-0.3, -0.25) is 10.1 Å². The standard InChI is InChI=1S/C16H19N3O4S/c1-5-22-14-12(7-6-8-17-14)15(21)23-10(3)13(20)19-16-18-9(2)11(4)24-16/h6-8,10H,5H2,1-4H3,(H,18,19,20). The van der Waals surface area contributed by atoms with E-state index in [9.17, 15) is 9.59 Å². The Morgan fingerprint density at radius 3 is 2.75 bits per heavy atom. The first-order valence-electron chi connectivity index (χ1n) is 7.46. The van der Waals surface area contributed by atoms with E-state index in [1.54, 1.807) is 19.1 Å². The van der Waals surface area contributed by atoms with Crippen molar-refractivity contribution in [3.63, 3.8) is 0 Å². The quantitative estimate of drug-likeness (QED) is 0.807. The zero-order chi connectivity index (χ0) is 17.7. The molecule has 8 heteroatoms. The molecular weight excluding hydrogens is 330 g/mol. The van der Waals surface area contributed by atoms with Crippen molar-refractivity contribution in [2.75, 3.05) is 11.9 Å². The van der Waals surface area contributed by atoms with Crippen molar-refractivity contribution in [3.8, 4) is 5.88 Å². The molecule has 1 atom stereocenters. The van der Waals surface area contributed by atoms with Crippen molar-refractivity contribution in [1.29, 1.82) is 0 Å². The highest BCUT2D eigenvalue weighted by atomic mass is 32.1. The number of esters is 1. The van der Waals surface area contributed by atoms with Crippen molar-refractivity contribution in [1.82, 2.24) is 9.97 Å². The zero-order valence-electron chi connectivity index (χ0n) is 14.0. The minimum absolute atomic E-state index is 0.180. The van der Waals surface area contributed by atoms with Crippen LogP contribution < -0.4 is 10.1 Å². The van der Waals surface area contributed by atoms with Gasteiger partial charge in [0.2, 0.25) is 5.88 Å². The number of amides is 1. The fourth-order valence-corrected chi connectivity index (χ4v) is 2.63. The number of nitrogens with one attached hydrogen (secondary N) is 1. The molecule has 0 fully saturated rings. The van der Waals surface area contributed by atoms with Crippen LogP contribution in [0, 0.1) is 13.8 Å². The van der Waals surface area contributed by atoms with Crippen molar-refractivity contribution in [3.05, 3.63) is 34.5 Å². The van der Waals surface area contributed by atoms with Gasteiger partial charge in [-0.2, -0.15) is 0 Å². The molecule has 2 rings (SSSR count). The van der Waals surface area contributed by atoms with Gasteiger partial charge in [0.25, 0.3) is 5.91 Å². The van der Waals surface area contributed by atoms with E-state index in [0.717, 1.165) is 10.6 Å². The molecule has 0 saturated carbocycles. The molecule has 0 bridgehead atoms. The lowest BCUT2D eigenvalue weighted by atomic mass is 10.2. The van der Waals surface area contributed by atoms with E-state index in [1.165, 1.54) is 24.5 Å². The number of carbonyl (C=O) groups is 2. The summed E-state index contributed by atoms with van der Waals surface area (Å²) in [6, 6.07) is 3.14. The van der Waals surface area contributed by atoms with Gasteiger partial charge in [0.1, 0.15) is 5.56 Å². The Hall–Kier alpha value is -2.48. The molecule has 128 valence electrons. The third-order valence-corrected chi connectivity index (χ3v) is 4.17. The SMILES string of the molecule is CCOc1ncccc1C(=O)OC(C)C(=O)Nc1nc(C)c(C)s1. The van der Waals surface area contributed by atoms with E-state index in [2.05, 4.69) is 15.3 Å². The molecule has 0 aromatic carbocycles. The van der Waals surface area contributed by atoms with E-state index in [0.29, 0.717) is 11.7 Å². The molecule has 0 saturated heterocycles. The van der Waals surface area contributed by atoms with Crippen LogP contribution in [0.25, 0.3) is 0 Å². The summed E-state index contributed by atoms with van der Waals surface area (Å²) in [7, 11) is 0. The zero-order valence-corrected chi connectivity index (χ0v) is 14.8. The van der Waals surface area contributed by atoms with Crippen LogP contribution in [0.15, 0.2) is 18.3 Å². The van der Waals surface area contributed by atoms with Gasteiger partial charge in [-0.1, -0.05) is 0 Å². The fraction of sp³-hybridized carbons (Fsp3) is 0.375. The van der Waals surface area contributed by atoms with Crippen LogP contribution in [-0.4, -0.2) is 34.6 Å². The maximum absolute atomic E-state index is 12.2. The Morgan fingerprint density at radius 1 is 1.38 bits per heavy atom. The first-order valence-corrected chi connectivity index (χ1v) is 8.27. The number of rotatable bonds is 6. The average molecular weight is 349 g/mol. The smallest absolute Gasteiger partial charge is 0.344 e. The third kappa shape index (κ3) is 4.29. The summed E-state index contributed by atoms with van der Waals surface area (Å²) in [5, 5.41) is 3.13. The van der Waals surface area contributed by atoms with E-state index < -0.39 is 18.0 Å². The first-order chi connectivity index (χ1) is 11.4. The van der Waals surface area contributed by atoms with Crippen molar-refractivity contribution in [2.45, 2.75) is 33.8 Å². The molecular formula is C16H19N3O4S. The van der Waals surface area contributed by atoms with E-state index in [1.807, 2.05) is 13.8 Å². The second-order valence-corrected chi connectivity index (χ2v) is 6.19. The van der Waals surface area contributed by atoms with Crippen LogP contribution in [0.3, 0.4) is 0 Å². The average Bonchev–Trinajstić information content (AvgIpc) is 2.85. The Bertz CT molecular complexity index is 725. The summed E-state index contributed by atoms with van der Waals surface area (Å²) >= 11 is 1.37. The van der Waals surface area contributed by atoms with Gasteiger partial charge in [0.05, 0.1) is 12.3 Å². The van der Waals surface area contributed by atoms with Crippen LogP contribution in [0.4, 0.5) is 5.13 Å². The van der Waals surface area contributed by atoms with E-state index in [4.69, 9.17) is 9.47 Å². The number of aromatic nitrogens is 2. The number of ether oxygens (including phenoxy) is 2.